The number of hydrogen-bond acceptors (Lipinski definition) is 15. The van der Waals surface area contributed by atoms with Crippen molar-refractivity contribution in [2.24, 2.45) is 0 Å². The van der Waals surface area contributed by atoms with Crippen LogP contribution >= 0.6 is 0 Å². The molecular formula is C32H60N8O10. The molecule has 0 bridgehead atoms. The van der Waals surface area contributed by atoms with Gasteiger partial charge in [0.05, 0.1) is 143 Å². The lowest BCUT2D eigenvalue weighted by molar-refractivity contribution is -0.121. The molecule has 2 aromatic rings. The largest absolute Gasteiger partial charge is 0.379 e. The average Bonchev–Trinajstić information content (AvgIpc) is 3.74. The molecule has 50 heavy (non-hydrogen) atoms. The highest BCUT2D eigenvalue weighted by Gasteiger charge is 2.06. The molecule has 0 unspecified atom stereocenters. The summed E-state index contributed by atoms with van der Waals surface area (Å²) in [5, 5.41) is 18.5. The van der Waals surface area contributed by atoms with E-state index in [0.717, 1.165) is 31.0 Å². The number of nitrogens with one attached hydrogen (secondary N) is 1. The summed E-state index contributed by atoms with van der Waals surface area (Å²) in [7, 11) is 1.61. The van der Waals surface area contributed by atoms with Crippen LogP contribution < -0.4 is 5.32 Å². The fourth-order valence-electron chi connectivity index (χ4n) is 4.16. The Hall–Kier alpha value is -2.65. The van der Waals surface area contributed by atoms with Gasteiger partial charge in [-0.15, -0.1) is 10.2 Å². The van der Waals surface area contributed by atoms with Gasteiger partial charge in [-0.3, -0.25) is 9.69 Å². The zero-order chi connectivity index (χ0) is 35.7. The van der Waals surface area contributed by atoms with E-state index in [1.807, 2.05) is 26.2 Å². The molecule has 288 valence electrons. The molecule has 18 nitrogen and oxygen atoms in total. The van der Waals surface area contributed by atoms with Crippen LogP contribution in [0.25, 0.3) is 0 Å². The van der Waals surface area contributed by atoms with E-state index in [-0.39, 0.29) is 5.91 Å². The fraction of sp³-hybridized carbons (Fsp3) is 0.844. The summed E-state index contributed by atoms with van der Waals surface area (Å²) >= 11 is 0. The monoisotopic (exact) mass is 716 g/mol. The number of hydrogen-bond donors (Lipinski definition) is 1. The molecule has 0 atom stereocenters. The van der Waals surface area contributed by atoms with Crippen LogP contribution in [0.3, 0.4) is 0 Å². The number of amides is 1. The van der Waals surface area contributed by atoms with E-state index in [1.54, 1.807) is 16.4 Å². The maximum absolute atomic E-state index is 11.2. The summed E-state index contributed by atoms with van der Waals surface area (Å²) in [6.07, 6.45) is 4.11. The van der Waals surface area contributed by atoms with E-state index in [0.29, 0.717) is 138 Å². The van der Waals surface area contributed by atoms with Crippen LogP contribution in [0.4, 0.5) is 0 Å². The summed E-state index contributed by atoms with van der Waals surface area (Å²) in [6.45, 7) is 16.5. The lowest BCUT2D eigenvalue weighted by Crippen LogP contribution is -2.34. The Balaban J connectivity index is 1.47. The molecule has 2 aromatic heterocycles. The van der Waals surface area contributed by atoms with Crippen molar-refractivity contribution in [3.05, 3.63) is 23.8 Å². The predicted octanol–water partition coefficient (Wildman–Crippen LogP) is -0.226. The topological polar surface area (TPSA) is 177 Å². The zero-order valence-electron chi connectivity index (χ0n) is 30.3. The van der Waals surface area contributed by atoms with E-state index >= 15 is 0 Å². The van der Waals surface area contributed by atoms with E-state index in [1.165, 1.54) is 0 Å². The van der Waals surface area contributed by atoms with Crippen LogP contribution in [0.2, 0.25) is 0 Å². The van der Waals surface area contributed by atoms with Crippen molar-refractivity contribution >= 4 is 5.91 Å². The minimum absolute atomic E-state index is 0.0401. The average molecular weight is 717 g/mol. The molecule has 1 amide bonds. The van der Waals surface area contributed by atoms with Crippen molar-refractivity contribution in [1.29, 1.82) is 0 Å². The van der Waals surface area contributed by atoms with Gasteiger partial charge in [-0.1, -0.05) is 10.4 Å². The highest BCUT2D eigenvalue weighted by Crippen LogP contribution is 1.94. The fourth-order valence-corrected chi connectivity index (χ4v) is 4.16. The number of nitrogens with zero attached hydrogens (tertiary/aromatic N) is 7. The van der Waals surface area contributed by atoms with Gasteiger partial charge in [0.25, 0.3) is 0 Å². The van der Waals surface area contributed by atoms with E-state index in [2.05, 4.69) is 30.8 Å². The normalized spacial score (nSPS) is 11.6. The molecule has 2 heterocycles. The van der Waals surface area contributed by atoms with E-state index in [9.17, 15) is 4.79 Å². The van der Waals surface area contributed by atoms with Crippen molar-refractivity contribution < 1.29 is 47.4 Å². The lowest BCUT2D eigenvalue weighted by atomic mass is 10.4. The van der Waals surface area contributed by atoms with Crippen LogP contribution in [-0.2, 0) is 60.5 Å². The Morgan fingerprint density at radius 1 is 0.540 bits per heavy atom. The Kier molecular flexibility index (Phi) is 27.1. The highest BCUT2D eigenvalue weighted by molar-refractivity contribution is 5.75. The first-order chi connectivity index (χ1) is 24.6. The van der Waals surface area contributed by atoms with Crippen molar-refractivity contribution in [1.82, 2.24) is 40.2 Å². The Labute approximate surface area is 296 Å². The number of aromatic nitrogens is 6. The van der Waals surface area contributed by atoms with Crippen molar-refractivity contribution in [3.8, 4) is 0 Å². The van der Waals surface area contributed by atoms with Crippen LogP contribution in [0, 0.1) is 13.8 Å². The molecule has 0 aliphatic carbocycles. The van der Waals surface area contributed by atoms with Gasteiger partial charge in [0.2, 0.25) is 5.91 Å². The summed E-state index contributed by atoms with van der Waals surface area (Å²) in [5.74, 6) is -0.0401. The molecule has 2 rings (SSSR count). The van der Waals surface area contributed by atoms with Crippen molar-refractivity contribution in [3.63, 3.8) is 0 Å². The van der Waals surface area contributed by atoms with Gasteiger partial charge >= 0.3 is 0 Å². The third-order valence-electron chi connectivity index (χ3n) is 6.88. The van der Waals surface area contributed by atoms with E-state index in [4.69, 9.17) is 42.6 Å². The number of rotatable bonds is 36. The Bertz CT molecular complexity index is 1000. The molecule has 1 N–H and O–H groups in total. The Morgan fingerprint density at radius 2 is 0.860 bits per heavy atom. The molecule has 0 spiro atoms. The molecular weight excluding hydrogens is 656 g/mol. The van der Waals surface area contributed by atoms with Crippen LogP contribution in [0.5, 0.6) is 0 Å². The lowest BCUT2D eigenvalue weighted by Gasteiger charge is -2.22. The molecule has 0 fully saturated rings. The first kappa shape index (κ1) is 43.5. The SMILES string of the molecule is CNC(=O)CCOCCOCCOCCN(CCOCCOCCOCCn1cc(C)nn1)CCOCCOCCOCCn1cc(C)nn1. The first-order valence-electron chi connectivity index (χ1n) is 17.4. The summed E-state index contributed by atoms with van der Waals surface area (Å²) in [4.78, 5) is 13.4. The summed E-state index contributed by atoms with van der Waals surface area (Å²) < 4.78 is 54.2. The van der Waals surface area contributed by atoms with Gasteiger partial charge in [-0.2, -0.15) is 0 Å². The van der Waals surface area contributed by atoms with Crippen molar-refractivity contribution in [2.45, 2.75) is 33.4 Å². The molecule has 0 saturated carbocycles. The molecule has 0 aromatic carbocycles. The number of carbonyl (C=O) groups is 1. The maximum atomic E-state index is 11.2. The smallest absolute Gasteiger partial charge is 0.222 e. The standard InChI is InChI=1S/C32H60N8O10/c1-30-28-39(36-34-30)8-14-46-20-26-49-24-18-44-12-6-38(5-11-43-17-23-48-22-16-42-10-4-32(41)33-3)7-13-45-19-25-50-27-21-47-15-9-40-29-31(2)35-37-40/h28-29H,4-27H2,1-3H3,(H,33,41). The van der Waals surface area contributed by atoms with Gasteiger partial charge in [-0.25, -0.2) is 9.36 Å². The van der Waals surface area contributed by atoms with Gasteiger partial charge in [-0.05, 0) is 13.8 Å². The van der Waals surface area contributed by atoms with Crippen LogP contribution in [0.1, 0.15) is 17.8 Å². The zero-order valence-corrected chi connectivity index (χ0v) is 30.3. The number of aryl methyl sites for hydroxylation is 2. The predicted molar refractivity (Wildman–Crippen MR) is 182 cm³/mol. The van der Waals surface area contributed by atoms with Crippen molar-refractivity contribution in [2.75, 3.05) is 146 Å². The first-order valence-corrected chi connectivity index (χ1v) is 17.4. The maximum Gasteiger partial charge on any atom is 0.222 e. The van der Waals surface area contributed by atoms with E-state index < -0.39 is 0 Å². The van der Waals surface area contributed by atoms with Gasteiger partial charge in [0.1, 0.15) is 0 Å². The highest BCUT2D eigenvalue weighted by atomic mass is 16.6. The van der Waals surface area contributed by atoms with Gasteiger partial charge in [0.15, 0.2) is 0 Å². The van der Waals surface area contributed by atoms with Gasteiger partial charge in [0, 0.05) is 45.5 Å². The number of ether oxygens (including phenoxy) is 9. The molecule has 0 aliphatic heterocycles. The molecule has 0 radical (unpaired) electrons. The second kappa shape index (κ2) is 31.1. The quantitative estimate of drug-likeness (QED) is 0.0915. The minimum Gasteiger partial charge on any atom is -0.379 e. The second-order valence-electron chi connectivity index (χ2n) is 11.0. The third kappa shape index (κ3) is 25.3. The second-order valence-corrected chi connectivity index (χ2v) is 11.0. The minimum atomic E-state index is -0.0401. The van der Waals surface area contributed by atoms with Crippen LogP contribution in [0.15, 0.2) is 12.4 Å². The summed E-state index contributed by atoms with van der Waals surface area (Å²) in [6, 6.07) is 0. The molecule has 0 aliphatic rings. The van der Waals surface area contributed by atoms with Crippen LogP contribution in [-0.4, -0.2) is 186 Å². The molecule has 0 saturated heterocycles. The Morgan fingerprint density at radius 3 is 1.18 bits per heavy atom. The summed E-state index contributed by atoms with van der Waals surface area (Å²) in [5.41, 5.74) is 1.78. The molecule has 18 heteroatoms. The third-order valence-corrected chi connectivity index (χ3v) is 6.88. The number of carbonyl (C=O) groups excluding carboxylic acids is 1. The van der Waals surface area contributed by atoms with Gasteiger partial charge < -0.3 is 47.9 Å².